The maximum atomic E-state index is 12.2. The van der Waals surface area contributed by atoms with Crippen LogP contribution in [0.4, 0.5) is 0 Å². The monoisotopic (exact) mass is 396 g/mol. The number of ether oxygens (including phenoxy) is 2. The molecule has 0 aliphatic carbocycles. The van der Waals surface area contributed by atoms with Gasteiger partial charge in [-0.15, -0.1) is 0 Å². The van der Waals surface area contributed by atoms with Crippen molar-refractivity contribution in [2.75, 3.05) is 13.2 Å². The summed E-state index contributed by atoms with van der Waals surface area (Å²) in [7, 11) is 0. The Morgan fingerprint density at radius 2 is 1.83 bits per heavy atom. The molecule has 7 nitrogen and oxygen atoms in total. The minimum atomic E-state index is -0.606. The Bertz CT molecular complexity index is 1040. The quantitative estimate of drug-likeness (QED) is 0.579. The number of benzene rings is 2. The van der Waals surface area contributed by atoms with Gasteiger partial charge in [-0.05, 0) is 30.2 Å². The van der Waals surface area contributed by atoms with Gasteiger partial charge in [-0.25, -0.2) is 4.79 Å². The molecule has 0 fully saturated rings. The molecule has 3 rings (SSSR count). The van der Waals surface area contributed by atoms with Crippen molar-refractivity contribution in [1.29, 1.82) is 0 Å². The van der Waals surface area contributed by atoms with Gasteiger partial charge in [-0.3, -0.25) is 14.3 Å². The van der Waals surface area contributed by atoms with E-state index in [1.165, 1.54) is 10.8 Å². The van der Waals surface area contributed by atoms with Crippen LogP contribution >= 0.6 is 0 Å². The third kappa shape index (κ3) is 5.66. The molecule has 1 atom stereocenters. The molecule has 0 saturated heterocycles. The van der Waals surface area contributed by atoms with Crippen molar-refractivity contribution in [2.45, 2.75) is 26.2 Å². The second-order valence-electron chi connectivity index (χ2n) is 6.61. The average molecular weight is 396 g/mol. The van der Waals surface area contributed by atoms with Crippen LogP contribution in [0.1, 0.15) is 29.8 Å². The van der Waals surface area contributed by atoms with Gasteiger partial charge in [0.1, 0.15) is 18.6 Å². The molecule has 2 N–H and O–H groups in total. The second-order valence-corrected chi connectivity index (χ2v) is 6.61. The zero-order chi connectivity index (χ0) is 20.6. The maximum Gasteiger partial charge on any atom is 0.330 e. The zero-order valence-electron chi connectivity index (χ0n) is 16.2. The topological polar surface area (TPSA) is 93.6 Å². The lowest BCUT2D eigenvalue weighted by atomic mass is 10.1. The summed E-state index contributed by atoms with van der Waals surface area (Å²) in [5.41, 5.74) is 1.40. The third-order valence-electron chi connectivity index (χ3n) is 4.42. The van der Waals surface area contributed by atoms with Gasteiger partial charge in [0.05, 0.1) is 13.2 Å². The van der Waals surface area contributed by atoms with Gasteiger partial charge in [0.25, 0.3) is 5.56 Å². The molecule has 0 spiro atoms. The highest BCUT2D eigenvalue weighted by atomic mass is 16.5. The SMILES string of the molecule is CC(OCCO)n1cc(Cc2cccc(OCc3ccccc3)c2)c(=O)[nH]c1=O. The van der Waals surface area contributed by atoms with E-state index in [-0.39, 0.29) is 13.2 Å². The van der Waals surface area contributed by atoms with E-state index >= 15 is 0 Å². The summed E-state index contributed by atoms with van der Waals surface area (Å²) in [6.07, 6.45) is 1.23. The van der Waals surface area contributed by atoms with Crippen LogP contribution in [0.2, 0.25) is 0 Å². The molecule has 0 bridgehead atoms. The molecule has 1 unspecified atom stereocenters. The normalized spacial score (nSPS) is 11.9. The number of rotatable bonds is 9. The largest absolute Gasteiger partial charge is 0.489 e. The smallest absolute Gasteiger partial charge is 0.330 e. The van der Waals surface area contributed by atoms with Crippen molar-refractivity contribution in [3.63, 3.8) is 0 Å². The standard InChI is InChI=1S/C22H24N2O5/c1-16(28-11-10-25)24-14-19(21(26)23-22(24)27)12-18-8-5-9-20(13-18)29-15-17-6-3-2-4-7-17/h2-9,13-14,16,25H,10-12,15H2,1H3,(H,23,26,27). The van der Waals surface area contributed by atoms with Crippen molar-refractivity contribution >= 4 is 0 Å². The van der Waals surface area contributed by atoms with Crippen LogP contribution in [0.5, 0.6) is 5.75 Å². The van der Waals surface area contributed by atoms with E-state index in [2.05, 4.69) is 4.98 Å². The number of hydrogen-bond donors (Lipinski definition) is 2. The molecular weight excluding hydrogens is 372 g/mol. The number of aliphatic hydroxyl groups excluding tert-OH is 1. The van der Waals surface area contributed by atoms with Crippen molar-refractivity contribution in [1.82, 2.24) is 9.55 Å². The summed E-state index contributed by atoms with van der Waals surface area (Å²) in [4.78, 5) is 26.6. The van der Waals surface area contributed by atoms with Crippen LogP contribution in [0, 0.1) is 0 Å². The Morgan fingerprint density at radius 1 is 1.07 bits per heavy atom. The number of aromatic amines is 1. The predicted octanol–water partition coefficient (Wildman–Crippen LogP) is 2.23. The molecule has 1 heterocycles. The fraction of sp³-hybridized carbons (Fsp3) is 0.273. The van der Waals surface area contributed by atoms with Gasteiger partial charge < -0.3 is 14.6 Å². The van der Waals surface area contributed by atoms with E-state index in [1.54, 1.807) is 6.92 Å². The summed E-state index contributed by atoms with van der Waals surface area (Å²) < 4.78 is 12.5. The summed E-state index contributed by atoms with van der Waals surface area (Å²) in [6.45, 7) is 2.08. The maximum absolute atomic E-state index is 12.2. The van der Waals surface area contributed by atoms with Gasteiger partial charge in [0.15, 0.2) is 0 Å². The van der Waals surface area contributed by atoms with Gasteiger partial charge in [-0.1, -0.05) is 42.5 Å². The molecule has 0 amide bonds. The van der Waals surface area contributed by atoms with Gasteiger partial charge in [0.2, 0.25) is 0 Å². The van der Waals surface area contributed by atoms with Crippen molar-refractivity contribution in [2.24, 2.45) is 0 Å². The van der Waals surface area contributed by atoms with Crippen LogP contribution in [0.3, 0.4) is 0 Å². The highest BCUT2D eigenvalue weighted by Gasteiger charge is 2.11. The van der Waals surface area contributed by atoms with Crippen LogP contribution in [-0.4, -0.2) is 27.9 Å². The van der Waals surface area contributed by atoms with Crippen LogP contribution < -0.4 is 16.0 Å². The molecule has 0 radical (unpaired) electrons. The first-order chi connectivity index (χ1) is 14.1. The highest BCUT2D eigenvalue weighted by molar-refractivity contribution is 5.32. The van der Waals surface area contributed by atoms with Gasteiger partial charge in [-0.2, -0.15) is 0 Å². The first-order valence-electron chi connectivity index (χ1n) is 9.39. The zero-order valence-corrected chi connectivity index (χ0v) is 16.2. The second kappa shape index (κ2) is 9.86. The summed E-state index contributed by atoms with van der Waals surface area (Å²) >= 11 is 0. The minimum absolute atomic E-state index is 0.100. The fourth-order valence-corrected chi connectivity index (χ4v) is 2.93. The molecule has 3 aromatic rings. The summed E-state index contributed by atoms with van der Waals surface area (Å²) in [5.74, 6) is 0.704. The molecule has 0 saturated carbocycles. The number of nitrogens with zero attached hydrogens (tertiary/aromatic N) is 1. The summed E-state index contributed by atoms with van der Waals surface area (Å²) in [6, 6.07) is 17.4. The van der Waals surface area contributed by atoms with E-state index in [9.17, 15) is 9.59 Å². The highest BCUT2D eigenvalue weighted by Crippen LogP contribution is 2.17. The van der Waals surface area contributed by atoms with Crippen molar-refractivity contribution < 1.29 is 14.6 Å². The molecule has 2 aromatic carbocycles. The summed E-state index contributed by atoms with van der Waals surface area (Å²) in [5, 5.41) is 8.89. The van der Waals surface area contributed by atoms with Crippen LogP contribution in [0.25, 0.3) is 0 Å². The Balaban J connectivity index is 1.75. The lowest BCUT2D eigenvalue weighted by Crippen LogP contribution is -2.34. The van der Waals surface area contributed by atoms with E-state index in [4.69, 9.17) is 14.6 Å². The Kier molecular flexibility index (Phi) is 6.99. The Labute approximate surface area is 168 Å². The predicted molar refractivity (Wildman–Crippen MR) is 109 cm³/mol. The number of hydrogen-bond acceptors (Lipinski definition) is 5. The van der Waals surface area contributed by atoms with Gasteiger partial charge >= 0.3 is 5.69 Å². The fourth-order valence-electron chi connectivity index (χ4n) is 2.93. The van der Waals surface area contributed by atoms with Crippen LogP contribution in [-0.2, 0) is 17.8 Å². The molecular formula is C22H24N2O5. The molecule has 0 aliphatic heterocycles. The average Bonchev–Trinajstić information content (AvgIpc) is 2.73. The first-order valence-corrected chi connectivity index (χ1v) is 9.39. The molecule has 7 heteroatoms. The number of nitrogens with one attached hydrogen (secondary N) is 1. The number of H-pyrrole nitrogens is 1. The molecule has 29 heavy (non-hydrogen) atoms. The van der Waals surface area contributed by atoms with Crippen LogP contribution in [0.15, 0.2) is 70.4 Å². The van der Waals surface area contributed by atoms with E-state index in [0.29, 0.717) is 24.3 Å². The van der Waals surface area contributed by atoms with E-state index < -0.39 is 17.5 Å². The molecule has 152 valence electrons. The minimum Gasteiger partial charge on any atom is -0.489 e. The Hall–Kier alpha value is -3.16. The number of aliphatic hydroxyl groups is 1. The van der Waals surface area contributed by atoms with Crippen molar-refractivity contribution in [3.05, 3.63) is 98.3 Å². The third-order valence-corrected chi connectivity index (χ3v) is 4.42. The lowest BCUT2D eigenvalue weighted by molar-refractivity contribution is -0.00583. The van der Waals surface area contributed by atoms with E-state index in [1.807, 2.05) is 54.6 Å². The van der Waals surface area contributed by atoms with Gasteiger partial charge in [0, 0.05) is 18.2 Å². The lowest BCUT2D eigenvalue weighted by Gasteiger charge is -2.16. The molecule has 1 aromatic heterocycles. The first kappa shape index (κ1) is 20.6. The number of aromatic nitrogens is 2. The molecule has 0 aliphatic rings. The van der Waals surface area contributed by atoms with E-state index in [0.717, 1.165) is 11.1 Å². The van der Waals surface area contributed by atoms with Crippen molar-refractivity contribution in [3.8, 4) is 5.75 Å². The Morgan fingerprint density at radius 3 is 2.59 bits per heavy atom.